The van der Waals surface area contributed by atoms with Gasteiger partial charge in [-0.15, -0.1) is 0 Å². The van der Waals surface area contributed by atoms with Crippen LogP contribution >= 0.6 is 0 Å². The minimum absolute atomic E-state index is 0.0498. The third-order valence-electron chi connectivity index (χ3n) is 3.91. The second-order valence-electron chi connectivity index (χ2n) is 5.17. The van der Waals surface area contributed by atoms with Crippen molar-refractivity contribution in [3.63, 3.8) is 0 Å². The number of nitrogens with zero attached hydrogens (tertiary/aromatic N) is 1. The molecule has 0 unspecified atom stereocenters. The van der Waals surface area contributed by atoms with E-state index in [9.17, 15) is 4.79 Å². The van der Waals surface area contributed by atoms with Crippen LogP contribution in [0.1, 0.15) is 34.5 Å². The molecule has 1 heterocycles. The van der Waals surface area contributed by atoms with Gasteiger partial charge in [-0.1, -0.05) is 55.1 Å². The first kappa shape index (κ1) is 12.7. The number of rotatable bonds is 2. The lowest BCUT2D eigenvalue weighted by Crippen LogP contribution is -2.38. The Morgan fingerprint density at radius 2 is 1.60 bits per heavy atom. The minimum atomic E-state index is 0.0498. The van der Waals surface area contributed by atoms with Gasteiger partial charge < -0.3 is 4.90 Å². The molecule has 0 saturated heterocycles. The summed E-state index contributed by atoms with van der Waals surface area (Å²) >= 11 is 0. The monoisotopic (exact) mass is 263 g/mol. The molecule has 0 radical (unpaired) electrons. The molecule has 0 spiro atoms. The predicted molar refractivity (Wildman–Crippen MR) is 81.4 cm³/mol. The molecule has 2 aromatic carbocycles. The van der Waals surface area contributed by atoms with E-state index >= 15 is 0 Å². The van der Waals surface area contributed by atoms with Crippen LogP contribution in [-0.4, -0.2) is 17.4 Å². The summed E-state index contributed by atoms with van der Waals surface area (Å²) in [5.74, 6) is 0.0874. The summed E-state index contributed by atoms with van der Waals surface area (Å²) < 4.78 is 0. The van der Waals surface area contributed by atoms with Crippen molar-refractivity contribution in [2.24, 2.45) is 0 Å². The second kappa shape index (κ2) is 4.97. The summed E-state index contributed by atoms with van der Waals surface area (Å²) in [6, 6.07) is 17.9. The van der Waals surface area contributed by atoms with Crippen LogP contribution in [0.25, 0.3) is 5.57 Å². The van der Waals surface area contributed by atoms with Crippen LogP contribution in [0, 0.1) is 0 Å². The van der Waals surface area contributed by atoms with Crippen molar-refractivity contribution >= 4 is 11.5 Å². The molecule has 2 heteroatoms. The van der Waals surface area contributed by atoms with Crippen molar-refractivity contribution in [2.45, 2.75) is 13.0 Å². The molecule has 1 amide bonds. The van der Waals surface area contributed by atoms with Gasteiger partial charge in [0, 0.05) is 12.1 Å². The average molecular weight is 263 g/mol. The highest BCUT2D eigenvalue weighted by molar-refractivity contribution is 6.02. The minimum Gasteiger partial charge on any atom is -0.328 e. The number of benzene rings is 2. The molecule has 1 atom stereocenters. The highest BCUT2D eigenvalue weighted by atomic mass is 16.2. The zero-order valence-electron chi connectivity index (χ0n) is 11.5. The molecule has 1 aliphatic heterocycles. The van der Waals surface area contributed by atoms with Gasteiger partial charge in [-0.2, -0.15) is 0 Å². The van der Waals surface area contributed by atoms with Crippen molar-refractivity contribution in [3.8, 4) is 0 Å². The Hall–Kier alpha value is -2.35. The van der Waals surface area contributed by atoms with Gasteiger partial charge >= 0.3 is 0 Å². The molecule has 0 saturated carbocycles. The van der Waals surface area contributed by atoms with Crippen LogP contribution in [0.5, 0.6) is 0 Å². The van der Waals surface area contributed by atoms with Gasteiger partial charge in [-0.25, -0.2) is 0 Å². The highest BCUT2D eigenvalue weighted by Gasteiger charge is 2.29. The fraction of sp³-hybridized carbons (Fsp3) is 0.167. The molecular weight excluding hydrogens is 246 g/mol. The molecule has 0 fully saturated rings. The van der Waals surface area contributed by atoms with E-state index in [2.05, 4.69) is 25.6 Å². The summed E-state index contributed by atoms with van der Waals surface area (Å²) in [5.41, 5.74) is 3.89. The summed E-state index contributed by atoms with van der Waals surface area (Å²) in [6.07, 6.45) is 0. The SMILES string of the molecule is C=C1CN([C@H](C)c2ccccc2)C(=O)c2ccccc21. The van der Waals surface area contributed by atoms with Gasteiger partial charge in [-0.05, 0) is 29.7 Å². The van der Waals surface area contributed by atoms with E-state index in [1.54, 1.807) is 0 Å². The van der Waals surface area contributed by atoms with E-state index < -0.39 is 0 Å². The van der Waals surface area contributed by atoms with Crippen LogP contribution in [0.2, 0.25) is 0 Å². The summed E-state index contributed by atoms with van der Waals surface area (Å²) in [4.78, 5) is 14.6. The van der Waals surface area contributed by atoms with Gasteiger partial charge in [0.05, 0.1) is 6.04 Å². The third kappa shape index (κ3) is 2.03. The van der Waals surface area contributed by atoms with Gasteiger partial charge in [0.15, 0.2) is 0 Å². The van der Waals surface area contributed by atoms with E-state index in [1.807, 2.05) is 47.4 Å². The van der Waals surface area contributed by atoms with Crippen molar-refractivity contribution in [1.82, 2.24) is 4.90 Å². The lowest BCUT2D eigenvalue weighted by Gasteiger charge is -2.35. The Balaban J connectivity index is 1.98. The Morgan fingerprint density at radius 3 is 2.30 bits per heavy atom. The first-order valence-electron chi connectivity index (χ1n) is 6.81. The molecule has 0 aromatic heterocycles. The first-order chi connectivity index (χ1) is 9.68. The molecule has 2 aromatic rings. The molecule has 3 rings (SSSR count). The molecule has 100 valence electrons. The summed E-state index contributed by atoms with van der Waals surface area (Å²) in [7, 11) is 0. The summed E-state index contributed by atoms with van der Waals surface area (Å²) in [6.45, 7) is 6.78. The van der Waals surface area contributed by atoms with E-state index in [4.69, 9.17) is 0 Å². The van der Waals surface area contributed by atoms with E-state index in [-0.39, 0.29) is 11.9 Å². The van der Waals surface area contributed by atoms with Gasteiger partial charge in [0.25, 0.3) is 5.91 Å². The number of fused-ring (bicyclic) bond motifs is 1. The lowest BCUT2D eigenvalue weighted by molar-refractivity contribution is 0.0709. The molecule has 2 nitrogen and oxygen atoms in total. The maximum Gasteiger partial charge on any atom is 0.255 e. The number of carbonyl (C=O) groups excluding carboxylic acids is 1. The molecule has 0 N–H and O–H groups in total. The van der Waals surface area contributed by atoms with Gasteiger partial charge in [0.1, 0.15) is 0 Å². The van der Waals surface area contributed by atoms with Gasteiger partial charge in [-0.3, -0.25) is 4.79 Å². The molecule has 20 heavy (non-hydrogen) atoms. The maximum atomic E-state index is 12.7. The van der Waals surface area contributed by atoms with E-state index in [0.717, 1.165) is 22.3 Å². The Bertz CT molecular complexity index is 660. The first-order valence-corrected chi connectivity index (χ1v) is 6.81. The predicted octanol–water partition coefficient (Wildman–Crippen LogP) is 3.92. The number of hydrogen-bond acceptors (Lipinski definition) is 1. The third-order valence-corrected chi connectivity index (χ3v) is 3.91. The largest absolute Gasteiger partial charge is 0.328 e. The van der Waals surface area contributed by atoms with Crippen molar-refractivity contribution in [3.05, 3.63) is 77.9 Å². The zero-order chi connectivity index (χ0) is 14.1. The lowest BCUT2D eigenvalue weighted by atomic mass is 9.93. The summed E-state index contributed by atoms with van der Waals surface area (Å²) in [5, 5.41) is 0. The van der Waals surface area contributed by atoms with Crippen LogP contribution in [0.3, 0.4) is 0 Å². The van der Waals surface area contributed by atoms with Crippen molar-refractivity contribution < 1.29 is 4.79 Å². The molecule has 0 aliphatic carbocycles. The van der Waals surface area contributed by atoms with Crippen LogP contribution in [0.4, 0.5) is 0 Å². The number of amides is 1. The molecule has 1 aliphatic rings. The fourth-order valence-corrected chi connectivity index (χ4v) is 2.72. The van der Waals surface area contributed by atoms with Gasteiger partial charge in [0.2, 0.25) is 0 Å². The van der Waals surface area contributed by atoms with Crippen molar-refractivity contribution in [2.75, 3.05) is 6.54 Å². The molecule has 0 bridgehead atoms. The Kier molecular flexibility index (Phi) is 3.15. The smallest absolute Gasteiger partial charge is 0.255 e. The van der Waals surface area contributed by atoms with E-state index in [0.29, 0.717) is 6.54 Å². The highest BCUT2D eigenvalue weighted by Crippen LogP contribution is 2.31. The average Bonchev–Trinajstić information content (AvgIpc) is 2.51. The number of hydrogen-bond donors (Lipinski definition) is 0. The van der Waals surface area contributed by atoms with Crippen LogP contribution in [0.15, 0.2) is 61.2 Å². The normalized spacial score (nSPS) is 15.9. The van der Waals surface area contributed by atoms with E-state index in [1.165, 1.54) is 0 Å². The maximum absolute atomic E-state index is 12.7. The topological polar surface area (TPSA) is 20.3 Å². The molecular formula is C18H17NO. The standard InChI is InChI=1S/C18H17NO/c1-13-12-19(14(2)15-8-4-3-5-9-15)18(20)17-11-7-6-10-16(13)17/h3-11,14H,1,12H2,2H3/t14-/m1/s1. The van der Waals surface area contributed by atoms with Crippen molar-refractivity contribution in [1.29, 1.82) is 0 Å². The fourth-order valence-electron chi connectivity index (χ4n) is 2.72. The van der Waals surface area contributed by atoms with Crippen LogP contribution < -0.4 is 0 Å². The zero-order valence-corrected chi connectivity index (χ0v) is 11.5. The second-order valence-corrected chi connectivity index (χ2v) is 5.17. The van der Waals surface area contributed by atoms with Crippen LogP contribution in [-0.2, 0) is 0 Å². The Morgan fingerprint density at radius 1 is 1.00 bits per heavy atom. The number of carbonyl (C=O) groups is 1. The Labute approximate surface area is 119 Å². The quantitative estimate of drug-likeness (QED) is 0.804.